The number of hydrogen-bond acceptors (Lipinski definition) is 2. The first kappa shape index (κ1) is 10.9. The van der Waals surface area contributed by atoms with Gasteiger partial charge in [0, 0.05) is 6.42 Å². The summed E-state index contributed by atoms with van der Waals surface area (Å²) in [7, 11) is 0. The molecule has 0 radical (unpaired) electrons. The highest BCUT2D eigenvalue weighted by Gasteiger charge is 2.22. The minimum atomic E-state index is 0.204. The summed E-state index contributed by atoms with van der Waals surface area (Å²) in [4.78, 5) is 5.39. The molecule has 0 saturated heterocycles. The maximum Gasteiger partial charge on any atom is 0.181 e. The van der Waals surface area contributed by atoms with Crippen molar-refractivity contribution < 1.29 is 10.2 Å². The summed E-state index contributed by atoms with van der Waals surface area (Å²) in [5, 5.41) is 6.32. The topological polar surface area (TPSA) is 38.2 Å². The molecule has 1 atom stereocenters. The molecule has 84 valence electrons. The average molecular weight is 217 g/mol. The molecule has 0 saturated carbocycles. The van der Waals surface area contributed by atoms with Gasteiger partial charge in [0.15, 0.2) is 6.10 Å². The molecule has 1 heterocycles. The Bertz CT molecular complexity index is 373. The lowest BCUT2D eigenvalue weighted by molar-refractivity contribution is -0.652. The zero-order valence-electron chi connectivity index (χ0n) is 9.30. The van der Waals surface area contributed by atoms with Crippen molar-refractivity contribution >= 4 is 5.71 Å². The molecule has 3 nitrogen and oxygen atoms in total. The highest BCUT2D eigenvalue weighted by molar-refractivity contribution is 6.01. The molecule has 0 spiro atoms. The van der Waals surface area contributed by atoms with Crippen LogP contribution in [0.2, 0.25) is 0 Å². The second kappa shape index (κ2) is 5.47. The molecule has 2 N–H and O–H groups in total. The van der Waals surface area contributed by atoms with Crippen molar-refractivity contribution in [2.75, 3.05) is 13.1 Å². The van der Waals surface area contributed by atoms with E-state index >= 15 is 0 Å². The molecule has 0 aliphatic carbocycles. The minimum absolute atomic E-state index is 0.204. The molecule has 1 aliphatic rings. The fourth-order valence-corrected chi connectivity index (χ4v) is 1.76. The van der Waals surface area contributed by atoms with Crippen molar-refractivity contribution in [3.63, 3.8) is 0 Å². The van der Waals surface area contributed by atoms with Crippen molar-refractivity contribution in [3.8, 4) is 0 Å². The number of benzene rings is 1. The van der Waals surface area contributed by atoms with Crippen LogP contribution in [0.15, 0.2) is 48.1 Å². The lowest BCUT2D eigenvalue weighted by Crippen LogP contribution is -2.86. The van der Waals surface area contributed by atoms with Gasteiger partial charge in [-0.2, -0.15) is 0 Å². The first-order valence-electron chi connectivity index (χ1n) is 5.61. The van der Waals surface area contributed by atoms with Crippen molar-refractivity contribution in [1.29, 1.82) is 0 Å². The van der Waals surface area contributed by atoms with Crippen LogP contribution in [0.25, 0.3) is 0 Å². The SMILES string of the molecule is C=CC[NH2+]C[C@H]1CC(c2ccccc2)=NO1. The third kappa shape index (κ3) is 2.70. The van der Waals surface area contributed by atoms with Crippen LogP contribution < -0.4 is 5.32 Å². The molecule has 1 aromatic carbocycles. The molecule has 16 heavy (non-hydrogen) atoms. The molecule has 0 aromatic heterocycles. The van der Waals surface area contributed by atoms with Crippen molar-refractivity contribution in [3.05, 3.63) is 48.6 Å². The second-order valence-electron chi connectivity index (χ2n) is 3.88. The Balaban J connectivity index is 1.85. The fourth-order valence-electron chi connectivity index (χ4n) is 1.76. The molecule has 1 aliphatic heterocycles. The number of hydrogen-bond donors (Lipinski definition) is 1. The predicted molar refractivity (Wildman–Crippen MR) is 64.3 cm³/mol. The molecule has 1 aromatic rings. The van der Waals surface area contributed by atoms with Gasteiger partial charge < -0.3 is 10.2 Å². The zero-order chi connectivity index (χ0) is 11.2. The van der Waals surface area contributed by atoms with Crippen molar-refractivity contribution in [2.45, 2.75) is 12.5 Å². The largest absolute Gasteiger partial charge is 0.386 e. The summed E-state index contributed by atoms with van der Waals surface area (Å²) in [6, 6.07) is 10.2. The molecule has 0 bridgehead atoms. The van der Waals surface area contributed by atoms with E-state index in [1.807, 2.05) is 24.3 Å². The van der Waals surface area contributed by atoms with Crippen LogP contribution >= 0.6 is 0 Å². The van der Waals surface area contributed by atoms with Crippen LogP contribution in [0.3, 0.4) is 0 Å². The summed E-state index contributed by atoms with van der Waals surface area (Å²) < 4.78 is 0. The van der Waals surface area contributed by atoms with Crippen LogP contribution in [0.5, 0.6) is 0 Å². The summed E-state index contributed by atoms with van der Waals surface area (Å²) in [6.07, 6.45) is 3.00. The minimum Gasteiger partial charge on any atom is -0.386 e. The van der Waals surface area contributed by atoms with E-state index in [2.05, 4.69) is 29.2 Å². The predicted octanol–water partition coefficient (Wildman–Crippen LogP) is 0.929. The molecule has 0 amide bonds. The van der Waals surface area contributed by atoms with Crippen molar-refractivity contribution in [1.82, 2.24) is 0 Å². The number of quaternary nitrogens is 1. The first-order chi connectivity index (χ1) is 7.90. The average Bonchev–Trinajstić information content (AvgIpc) is 2.79. The number of nitrogens with zero attached hydrogens (tertiary/aromatic N) is 1. The van der Waals surface area contributed by atoms with Crippen LogP contribution in [0.4, 0.5) is 0 Å². The summed E-state index contributed by atoms with van der Waals surface area (Å²) >= 11 is 0. The fraction of sp³-hybridized carbons (Fsp3) is 0.308. The summed E-state index contributed by atoms with van der Waals surface area (Å²) in [5.74, 6) is 0. The maximum absolute atomic E-state index is 5.39. The number of oxime groups is 1. The monoisotopic (exact) mass is 217 g/mol. The standard InChI is InChI=1S/C13H16N2O/c1-2-8-14-10-12-9-13(15-16-12)11-6-4-3-5-7-11/h2-7,12,14H,1,8-10H2/p+1/t12-/m1/s1. The van der Waals surface area contributed by atoms with E-state index in [9.17, 15) is 0 Å². The van der Waals surface area contributed by atoms with Gasteiger partial charge in [-0.25, -0.2) is 0 Å². The smallest absolute Gasteiger partial charge is 0.181 e. The quantitative estimate of drug-likeness (QED) is 0.578. The molecule has 2 rings (SSSR count). The van der Waals surface area contributed by atoms with E-state index in [1.165, 1.54) is 0 Å². The lowest BCUT2D eigenvalue weighted by Gasteiger charge is -2.05. The van der Waals surface area contributed by atoms with E-state index in [1.54, 1.807) is 0 Å². The van der Waals surface area contributed by atoms with E-state index in [4.69, 9.17) is 4.84 Å². The van der Waals surface area contributed by atoms with Gasteiger partial charge in [-0.1, -0.05) is 42.1 Å². The second-order valence-corrected chi connectivity index (χ2v) is 3.88. The van der Waals surface area contributed by atoms with Gasteiger partial charge in [0.05, 0.1) is 12.3 Å². The van der Waals surface area contributed by atoms with E-state index in [0.717, 1.165) is 30.8 Å². The lowest BCUT2D eigenvalue weighted by atomic mass is 10.1. The normalized spacial score (nSPS) is 19.0. The molecule has 0 unspecified atom stereocenters. The molecular weight excluding hydrogens is 200 g/mol. The van der Waals surface area contributed by atoms with Crippen LogP contribution in [0, 0.1) is 0 Å². The van der Waals surface area contributed by atoms with Gasteiger partial charge in [-0.15, -0.1) is 0 Å². The molecular formula is C13H17N2O+. The maximum atomic E-state index is 5.39. The number of nitrogens with two attached hydrogens (primary N) is 1. The molecule has 3 heteroatoms. The van der Waals surface area contributed by atoms with E-state index in [-0.39, 0.29) is 6.10 Å². The van der Waals surface area contributed by atoms with E-state index < -0.39 is 0 Å². The summed E-state index contributed by atoms with van der Waals surface area (Å²) in [6.45, 7) is 5.55. The van der Waals surface area contributed by atoms with Gasteiger partial charge in [-0.05, 0) is 11.6 Å². The Hall–Kier alpha value is -1.61. The van der Waals surface area contributed by atoms with Gasteiger partial charge in [0.1, 0.15) is 6.54 Å². The Morgan fingerprint density at radius 2 is 2.25 bits per heavy atom. The van der Waals surface area contributed by atoms with Gasteiger partial charge >= 0.3 is 0 Å². The zero-order valence-corrected chi connectivity index (χ0v) is 9.30. The highest BCUT2D eigenvalue weighted by atomic mass is 16.6. The highest BCUT2D eigenvalue weighted by Crippen LogP contribution is 2.15. The van der Waals surface area contributed by atoms with Crippen LogP contribution in [0.1, 0.15) is 12.0 Å². The first-order valence-corrected chi connectivity index (χ1v) is 5.61. The Morgan fingerprint density at radius 3 is 3.00 bits per heavy atom. The van der Waals surface area contributed by atoms with Crippen LogP contribution in [-0.4, -0.2) is 24.9 Å². The Kier molecular flexibility index (Phi) is 3.72. The Morgan fingerprint density at radius 1 is 1.44 bits per heavy atom. The van der Waals surface area contributed by atoms with Gasteiger partial charge in [-0.3, -0.25) is 0 Å². The van der Waals surface area contributed by atoms with Gasteiger partial charge in [0.25, 0.3) is 0 Å². The van der Waals surface area contributed by atoms with Crippen molar-refractivity contribution in [2.24, 2.45) is 5.16 Å². The van der Waals surface area contributed by atoms with E-state index in [0.29, 0.717) is 0 Å². The third-order valence-electron chi connectivity index (χ3n) is 2.60. The Labute approximate surface area is 95.8 Å². The van der Waals surface area contributed by atoms with Gasteiger partial charge in [0.2, 0.25) is 0 Å². The van der Waals surface area contributed by atoms with Crippen LogP contribution in [-0.2, 0) is 4.84 Å². The molecule has 0 fully saturated rings. The number of rotatable bonds is 5. The third-order valence-corrected chi connectivity index (χ3v) is 2.60. The summed E-state index contributed by atoms with van der Waals surface area (Å²) in [5.41, 5.74) is 2.21.